The van der Waals surface area contributed by atoms with Crippen molar-refractivity contribution in [2.45, 2.75) is 51.7 Å². The first-order valence-corrected chi connectivity index (χ1v) is 11.3. The second-order valence-electron chi connectivity index (χ2n) is 8.47. The number of amides is 1. The fourth-order valence-corrected chi connectivity index (χ4v) is 3.99. The van der Waals surface area contributed by atoms with Gasteiger partial charge in [0, 0.05) is 24.2 Å². The molecule has 32 heavy (non-hydrogen) atoms. The number of carbonyl (C=O) groups is 1. The Balaban J connectivity index is 1.71. The van der Waals surface area contributed by atoms with Gasteiger partial charge in [-0.3, -0.25) is 14.9 Å². The number of aromatic nitrogens is 3. The zero-order valence-electron chi connectivity index (χ0n) is 18.9. The van der Waals surface area contributed by atoms with Gasteiger partial charge in [-0.05, 0) is 30.4 Å². The molecule has 3 aromatic rings. The maximum absolute atomic E-state index is 12.5. The average Bonchev–Trinajstić information content (AvgIpc) is 3.16. The van der Waals surface area contributed by atoms with Crippen LogP contribution in [0.3, 0.4) is 0 Å². The average molecular weight is 454 g/mol. The number of hydrogen-bond acceptors (Lipinski definition) is 6. The van der Waals surface area contributed by atoms with Crippen molar-refractivity contribution < 1.29 is 9.72 Å². The third-order valence-corrected chi connectivity index (χ3v) is 6.05. The van der Waals surface area contributed by atoms with Gasteiger partial charge in [0.2, 0.25) is 5.91 Å². The minimum Gasteiger partial charge on any atom is -0.325 e. The molecule has 2 aromatic carbocycles. The molecule has 1 aromatic heterocycles. The van der Waals surface area contributed by atoms with Gasteiger partial charge in [0.1, 0.15) is 0 Å². The van der Waals surface area contributed by atoms with E-state index in [1.165, 1.54) is 29.5 Å². The second-order valence-corrected chi connectivity index (χ2v) is 9.41. The maximum atomic E-state index is 12.5. The molecule has 0 unspecified atom stereocenters. The monoisotopic (exact) mass is 453 g/mol. The van der Waals surface area contributed by atoms with Crippen LogP contribution in [0.15, 0.2) is 47.6 Å². The van der Waals surface area contributed by atoms with Crippen molar-refractivity contribution in [3.63, 3.8) is 0 Å². The van der Waals surface area contributed by atoms with Crippen molar-refractivity contribution in [3.8, 4) is 11.4 Å². The van der Waals surface area contributed by atoms with E-state index in [4.69, 9.17) is 0 Å². The summed E-state index contributed by atoms with van der Waals surface area (Å²) < 4.78 is 1.97. The van der Waals surface area contributed by atoms with Gasteiger partial charge in [-0.2, -0.15) is 0 Å². The van der Waals surface area contributed by atoms with Crippen LogP contribution in [0.1, 0.15) is 38.8 Å². The summed E-state index contributed by atoms with van der Waals surface area (Å²) in [4.78, 5) is 23.0. The van der Waals surface area contributed by atoms with Gasteiger partial charge in [0.05, 0.1) is 16.4 Å². The van der Waals surface area contributed by atoms with Crippen LogP contribution in [0, 0.1) is 17.0 Å². The lowest BCUT2D eigenvalue weighted by Crippen LogP contribution is -2.15. The highest BCUT2D eigenvalue weighted by Crippen LogP contribution is 2.28. The number of non-ortho nitro benzene ring substituents is 1. The first kappa shape index (κ1) is 23.5. The van der Waals surface area contributed by atoms with Crippen LogP contribution < -0.4 is 5.32 Å². The van der Waals surface area contributed by atoms with E-state index >= 15 is 0 Å². The van der Waals surface area contributed by atoms with Crippen molar-refractivity contribution in [2.24, 2.45) is 0 Å². The lowest BCUT2D eigenvalue weighted by atomic mass is 9.87. The molecule has 1 heterocycles. The number of thioether (sulfide) groups is 1. The lowest BCUT2D eigenvalue weighted by molar-refractivity contribution is -0.384. The maximum Gasteiger partial charge on any atom is 0.271 e. The van der Waals surface area contributed by atoms with Gasteiger partial charge in [-0.25, -0.2) is 0 Å². The van der Waals surface area contributed by atoms with Gasteiger partial charge < -0.3 is 9.88 Å². The fourth-order valence-electron chi connectivity index (χ4n) is 3.19. The molecule has 0 aliphatic carbocycles. The van der Waals surface area contributed by atoms with Crippen LogP contribution >= 0.6 is 11.8 Å². The molecule has 9 heteroatoms. The van der Waals surface area contributed by atoms with Crippen LogP contribution in [0.4, 0.5) is 11.4 Å². The zero-order chi connectivity index (χ0) is 23.5. The summed E-state index contributed by atoms with van der Waals surface area (Å²) in [6.07, 6.45) is 0. The molecule has 0 atom stereocenters. The summed E-state index contributed by atoms with van der Waals surface area (Å²) in [7, 11) is 0. The normalized spacial score (nSPS) is 11.4. The summed E-state index contributed by atoms with van der Waals surface area (Å²) >= 11 is 1.28. The number of aryl methyl sites for hydroxylation is 1. The molecule has 8 nitrogen and oxygen atoms in total. The van der Waals surface area contributed by atoms with E-state index in [-0.39, 0.29) is 22.8 Å². The van der Waals surface area contributed by atoms with E-state index in [0.29, 0.717) is 17.4 Å². The summed E-state index contributed by atoms with van der Waals surface area (Å²) in [5, 5.41) is 23.0. The van der Waals surface area contributed by atoms with Crippen molar-refractivity contribution in [1.82, 2.24) is 14.8 Å². The molecule has 0 spiro atoms. The lowest BCUT2D eigenvalue weighted by Gasteiger charge is -2.19. The van der Waals surface area contributed by atoms with Gasteiger partial charge in [-0.1, -0.05) is 62.9 Å². The van der Waals surface area contributed by atoms with E-state index in [1.807, 2.05) is 23.6 Å². The highest BCUT2D eigenvalue weighted by molar-refractivity contribution is 7.99. The summed E-state index contributed by atoms with van der Waals surface area (Å²) in [6, 6.07) is 12.7. The molecule has 1 amide bonds. The van der Waals surface area contributed by atoms with Crippen LogP contribution in [-0.4, -0.2) is 31.3 Å². The van der Waals surface area contributed by atoms with Crippen molar-refractivity contribution in [3.05, 3.63) is 63.7 Å². The SMILES string of the molecule is CCn1c(SCC(=O)Nc2cc([N+](=O)[O-])ccc2C)nnc1-c1ccc(C(C)(C)C)cc1. The number of nitro groups is 1. The predicted octanol–water partition coefficient (Wildman–Crippen LogP) is 5.21. The molecule has 3 rings (SSSR count). The third-order valence-electron chi connectivity index (χ3n) is 5.08. The zero-order valence-corrected chi connectivity index (χ0v) is 19.7. The Morgan fingerprint density at radius 3 is 2.44 bits per heavy atom. The number of hydrogen-bond donors (Lipinski definition) is 1. The Labute approximate surface area is 191 Å². The van der Waals surface area contributed by atoms with Crippen molar-refractivity contribution in [2.75, 3.05) is 11.1 Å². The standard InChI is InChI=1S/C23H27N5O3S/c1-6-27-21(16-8-10-17(11-9-16)23(3,4)5)25-26-22(27)32-14-20(29)24-19-13-18(28(30)31)12-7-15(19)2/h7-13H,6,14H2,1-5H3,(H,24,29). The van der Waals surface area contributed by atoms with Crippen LogP contribution in [0.5, 0.6) is 0 Å². The Hall–Kier alpha value is -3.20. The molecule has 0 fully saturated rings. The largest absolute Gasteiger partial charge is 0.325 e. The summed E-state index contributed by atoms with van der Waals surface area (Å²) in [5.74, 6) is 0.606. The quantitative estimate of drug-likeness (QED) is 0.299. The Bertz CT molecular complexity index is 1130. The molecule has 0 aliphatic heterocycles. The Morgan fingerprint density at radius 1 is 1.16 bits per heavy atom. The number of nitro benzene ring substituents is 1. The molecule has 0 saturated carbocycles. The van der Waals surface area contributed by atoms with Gasteiger partial charge in [0.25, 0.3) is 5.69 Å². The molecule has 0 saturated heterocycles. The number of anilines is 1. The van der Waals surface area contributed by atoms with E-state index in [1.54, 1.807) is 13.0 Å². The minimum atomic E-state index is -0.483. The van der Waals surface area contributed by atoms with Crippen molar-refractivity contribution in [1.29, 1.82) is 0 Å². The number of benzene rings is 2. The van der Waals surface area contributed by atoms with Gasteiger partial charge in [0.15, 0.2) is 11.0 Å². The molecule has 0 bridgehead atoms. The molecular weight excluding hydrogens is 426 g/mol. The van der Waals surface area contributed by atoms with Gasteiger partial charge >= 0.3 is 0 Å². The molecule has 0 radical (unpaired) electrons. The Morgan fingerprint density at radius 2 is 1.84 bits per heavy atom. The van der Waals surface area contributed by atoms with E-state index in [0.717, 1.165) is 17.0 Å². The summed E-state index contributed by atoms with van der Waals surface area (Å²) in [6.45, 7) is 11.0. The van der Waals surface area contributed by atoms with Crippen molar-refractivity contribution >= 4 is 29.0 Å². The van der Waals surface area contributed by atoms with E-state index < -0.39 is 4.92 Å². The van der Waals surface area contributed by atoms with E-state index in [2.05, 4.69) is 48.4 Å². The number of rotatable bonds is 7. The summed E-state index contributed by atoms with van der Waals surface area (Å²) in [5.41, 5.74) is 3.41. The van der Waals surface area contributed by atoms with E-state index in [9.17, 15) is 14.9 Å². The van der Waals surface area contributed by atoms with Crippen LogP contribution in [0.2, 0.25) is 0 Å². The van der Waals surface area contributed by atoms with Crippen LogP contribution in [0.25, 0.3) is 11.4 Å². The first-order valence-electron chi connectivity index (χ1n) is 10.3. The number of nitrogens with zero attached hydrogens (tertiary/aromatic N) is 4. The predicted molar refractivity (Wildman–Crippen MR) is 127 cm³/mol. The third kappa shape index (κ3) is 5.34. The highest BCUT2D eigenvalue weighted by Gasteiger charge is 2.18. The van der Waals surface area contributed by atoms with Gasteiger partial charge in [-0.15, -0.1) is 10.2 Å². The molecule has 0 aliphatic rings. The second kappa shape index (κ2) is 9.52. The number of carbonyl (C=O) groups excluding carboxylic acids is 1. The molecular formula is C23H27N5O3S. The first-order chi connectivity index (χ1) is 15.1. The Kier molecular flexibility index (Phi) is 6.98. The topological polar surface area (TPSA) is 103 Å². The smallest absolute Gasteiger partial charge is 0.271 e. The van der Waals surface area contributed by atoms with Crippen LogP contribution in [-0.2, 0) is 16.8 Å². The fraction of sp³-hybridized carbons (Fsp3) is 0.348. The highest BCUT2D eigenvalue weighted by atomic mass is 32.2. The molecule has 168 valence electrons. The molecule has 1 N–H and O–H groups in total. The minimum absolute atomic E-state index is 0.0635. The number of nitrogens with one attached hydrogen (secondary N) is 1.